The lowest BCUT2D eigenvalue weighted by Crippen LogP contribution is -2.39. The summed E-state index contributed by atoms with van der Waals surface area (Å²) in [5.41, 5.74) is 3.03. The zero-order valence-corrected chi connectivity index (χ0v) is 25.0. The van der Waals surface area contributed by atoms with E-state index in [9.17, 15) is 9.59 Å². The first-order valence-electron chi connectivity index (χ1n) is 13.0. The van der Waals surface area contributed by atoms with Gasteiger partial charge >= 0.3 is 0 Å². The largest absolute Gasteiger partial charge is 0.312 e. The number of amidine groups is 1. The number of hydrogen-bond donors (Lipinski definition) is 1. The second-order valence-corrected chi connectivity index (χ2v) is 11.7. The number of aromatic nitrogens is 1. The molecule has 0 radical (unpaired) electrons. The zero-order valence-electron chi connectivity index (χ0n) is 22.0. The lowest BCUT2D eigenvalue weighted by atomic mass is 9.89. The highest BCUT2D eigenvalue weighted by atomic mass is 127. The average molecular weight is 651 g/mol. The van der Waals surface area contributed by atoms with Crippen LogP contribution in [0.3, 0.4) is 0 Å². The molecule has 0 spiro atoms. The van der Waals surface area contributed by atoms with E-state index in [1.165, 1.54) is 23.0 Å². The third-order valence-electron chi connectivity index (χ3n) is 7.27. The van der Waals surface area contributed by atoms with Crippen LogP contribution < -0.4 is 10.9 Å². The fourth-order valence-corrected chi connectivity index (χ4v) is 6.36. The molecule has 1 atom stereocenters. The van der Waals surface area contributed by atoms with Crippen LogP contribution >= 0.6 is 33.9 Å². The smallest absolute Gasteiger partial charge is 0.260 e. The number of pyridine rings is 1. The van der Waals surface area contributed by atoms with Crippen LogP contribution in [0.1, 0.15) is 42.9 Å². The zero-order chi connectivity index (χ0) is 27.4. The minimum Gasteiger partial charge on any atom is -0.312 e. The molecule has 1 amide bonds. The summed E-state index contributed by atoms with van der Waals surface area (Å²) in [7, 11) is 2.18. The summed E-state index contributed by atoms with van der Waals surface area (Å²) in [5.74, 6) is 0.757. The topological polar surface area (TPSA) is 66.7 Å². The number of rotatable bonds is 6. The molecule has 1 fully saturated rings. The van der Waals surface area contributed by atoms with Crippen molar-refractivity contribution in [1.82, 2.24) is 14.8 Å². The number of amides is 1. The summed E-state index contributed by atoms with van der Waals surface area (Å²) < 4.78 is 4.19. The molecule has 1 aliphatic rings. The molecule has 0 bridgehead atoms. The molecular weight excluding hydrogens is 619 g/mol. The highest BCUT2D eigenvalue weighted by molar-refractivity contribution is 14.1. The summed E-state index contributed by atoms with van der Waals surface area (Å²) in [6.45, 7) is 4.00. The molecule has 2 aromatic heterocycles. The monoisotopic (exact) mass is 650 g/mol. The molecule has 1 N–H and O–H groups in total. The molecule has 3 heterocycles. The van der Waals surface area contributed by atoms with Gasteiger partial charge in [-0.3, -0.25) is 14.2 Å². The van der Waals surface area contributed by atoms with E-state index in [2.05, 4.69) is 69.1 Å². The predicted octanol–water partition coefficient (Wildman–Crippen LogP) is 6.57. The molecule has 2 aromatic carbocycles. The number of halogens is 1. The summed E-state index contributed by atoms with van der Waals surface area (Å²) in [6.07, 6.45) is 5.71. The maximum absolute atomic E-state index is 13.8. The third kappa shape index (κ3) is 6.23. The number of carbonyl (C=O) groups is 1. The number of nitrogens with zero attached hydrogens (tertiary/aromatic N) is 3. The summed E-state index contributed by atoms with van der Waals surface area (Å²) >= 11 is 3.67. The van der Waals surface area contributed by atoms with Gasteiger partial charge in [0, 0.05) is 22.0 Å². The molecule has 6 nitrogen and oxygen atoms in total. The molecule has 0 aliphatic carbocycles. The Kier molecular flexibility index (Phi) is 8.74. The van der Waals surface area contributed by atoms with Crippen molar-refractivity contribution in [2.75, 3.05) is 20.1 Å². The first kappa shape index (κ1) is 27.5. The van der Waals surface area contributed by atoms with E-state index < -0.39 is 6.04 Å². The summed E-state index contributed by atoms with van der Waals surface area (Å²) in [5, 5.41) is 3.46. The summed E-state index contributed by atoms with van der Waals surface area (Å²) in [6, 6.07) is 21.2. The van der Waals surface area contributed by atoms with Crippen molar-refractivity contribution in [3.05, 3.63) is 105 Å². The lowest BCUT2D eigenvalue weighted by Gasteiger charge is -2.29. The maximum Gasteiger partial charge on any atom is 0.260 e. The van der Waals surface area contributed by atoms with E-state index >= 15 is 0 Å². The Morgan fingerprint density at radius 2 is 1.82 bits per heavy atom. The Labute approximate surface area is 246 Å². The van der Waals surface area contributed by atoms with Gasteiger partial charge in [-0.15, -0.1) is 11.3 Å². The number of aliphatic imine (C=N–C) groups is 1. The van der Waals surface area contributed by atoms with Crippen LogP contribution in [0.25, 0.3) is 20.5 Å². The van der Waals surface area contributed by atoms with Gasteiger partial charge < -0.3 is 10.2 Å². The van der Waals surface area contributed by atoms with Crippen LogP contribution in [0.5, 0.6) is 0 Å². The van der Waals surface area contributed by atoms with E-state index in [-0.39, 0.29) is 11.5 Å². The molecule has 8 heteroatoms. The highest BCUT2D eigenvalue weighted by Gasteiger charge is 2.25. The fourth-order valence-electron chi connectivity index (χ4n) is 5.15. The summed E-state index contributed by atoms with van der Waals surface area (Å²) in [4.78, 5) is 34.9. The normalized spacial score (nSPS) is 16.1. The number of thiophene rings is 1. The van der Waals surface area contributed by atoms with Crippen molar-refractivity contribution in [3.63, 3.8) is 0 Å². The van der Waals surface area contributed by atoms with E-state index in [1.807, 2.05) is 42.5 Å². The van der Waals surface area contributed by atoms with Crippen LogP contribution in [0, 0.1) is 0 Å². The van der Waals surface area contributed by atoms with Crippen LogP contribution in [-0.4, -0.2) is 41.3 Å². The van der Waals surface area contributed by atoms with Gasteiger partial charge in [0.1, 0.15) is 11.9 Å². The molecule has 1 aliphatic heterocycles. The average Bonchev–Trinajstić information content (AvgIpc) is 3.40. The van der Waals surface area contributed by atoms with Gasteiger partial charge in [0.2, 0.25) is 0 Å². The van der Waals surface area contributed by atoms with E-state index in [0.717, 1.165) is 33.8 Å². The first-order valence-corrected chi connectivity index (χ1v) is 15.1. The highest BCUT2D eigenvalue weighted by Crippen LogP contribution is 2.34. The lowest BCUT2D eigenvalue weighted by molar-refractivity contribution is -0.121. The number of hydrogen-bond acceptors (Lipinski definition) is 5. The fraction of sp³-hybridized carbons (Fsp3) is 0.258. The van der Waals surface area contributed by atoms with Crippen molar-refractivity contribution in [3.8, 4) is 10.4 Å². The number of fused-ring (bicyclic) bond motifs is 1. The molecule has 1 unspecified atom stereocenters. The molecule has 200 valence electrons. The Morgan fingerprint density at radius 1 is 1.10 bits per heavy atom. The van der Waals surface area contributed by atoms with Gasteiger partial charge in [-0.2, -0.15) is 0 Å². The number of piperidine rings is 1. The minimum absolute atomic E-state index is 0.191. The first-order chi connectivity index (χ1) is 18.9. The van der Waals surface area contributed by atoms with Gasteiger partial charge in [-0.05, 0) is 78.7 Å². The number of likely N-dealkylation sites (tertiary alicyclic amines) is 1. The van der Waals surface area contributed by atoms with Gasteiger partial charge in [0.05, 0.1) is 5.39 Å². The number of benzene rings is 2. The van der Waals surface area contributed by atoms with E-state index in [0.29, 0.717) is 17.1 Å². The van der Waals surface area contributed by atoms with Crippen molar-refractivity contribution in [2.24, 2.45) is 4.99 Å². The Balaban J connectivity index is 1.47. The van der Waals surface area contributed by atoms with Gasteiger partial charge in [-0.1, -0.05) is 77.2 Å². The van der Waals surface area contributed by atoms with E-state index in [1.54, 1.807) is 34.7 Å². The van der Waals surface area contributed by atoms with E-state index in [4.69, 9.17) is 0 Å². The van der Waals surface area contributed by atoms with Crippen LogP contribution in [-0.2, 0) is 4.79 Å². The molecule has 1 saturated heterocycles. The standard InChI is InChI=1S/C31H31IN4O2S/c1-21(33-16-15-32)34-30(37)29(25-6-4-3-5-7-25)36-19-14-27-26(31(36)38)20-28(39-27)24-10-8-22(9-11-24)23-12-17-35(2)18-13-23/h3-11,14-16,19-20,23,29H,12-13,17-18H2,1-2H3,(H,33,34,37)/b16-15-. The number of carbonyl (C=O) groups excluding carboxylic acids is 1. The van der Waals surface area contributed by atoms with Crippen LogP contribution in [0.15, 0.2) is 93.0 Å². The maximum atomic E-state index is 13.8. The molecule has 0 saturated carbocycles. The quantitative estimate of drug-likeness (QED) is 0.146. The van der Waals surface area contributed by atoms with Gasteiger partial charge in [0.15, 0.2) is 0 Å². The molecule has 5 rings (SSSR count). The SMILES string of the molecule is C/C(=N\C=C/I)NC(=O)C(c1ccccc1)n1ccc2sc(-c3ccc(C4CCN(C)CC4)cc3)cc2c1=O. The Hall–Kier alpha value is -3.08. The van der Waals surface area contributed by atoms with Gasteiger partial charge in [0.25, 0.3) is 11.5 Å². The second kappa shape index (κ2) is 12.4. The molecule has 4 aromatic rings. The second-order valence-electron chi connectivity index (χ2n) is 9.91. The molecule has 39 heavy (non-hydrogen) atoms. The molecular formula is C31H31IN4O2S. The van der Waals surface area contributed by atoms with Crippen LogP contribution in [0.4, 0.5) is 0 Å². The minimum atomic E-state index is -0.825. The predicted molar refractivity (Wildman–Crippen MR) is 170 cm³/mol. The van der Waals surface area contributed by atoms with Gasteiger partial charge in [-0.25, -0.2) is 4.99 Å². The Bertz CT molecular complexity index is 1570. The number of nitrogens with one attached hydrogen (secondary N) is 1. The van der Waals surface area contributed by atoms with Crippen molar-refractivity contribution < 1.29 is 4.79 Å². The van der Waals surface area contributed by atoms with Crippen molar-refractivity contribution >= 4 is 55.8 Å². The van der Waals surface area contributed by atoms with Crippen LogP contribution in [0.2, 0.25) is 0 Å². The third-order valence-corrected chi connectivity index (χ3v) is 8.74. The van der Waals surface area contributed by atoms with Crippen molar-refractivity contribution in [1.29, 1.82) is 0 Å². The van der Waals surface area contributed by atoms with Crippen molar-refractivity contribution in [2.45, 2.75) is 31.7 Å². The Morgan fingerprint density at radius 3 is 2.51 bits per heavy atom.